The molecule has 1 aliphatic rings. The molecule has 0 spiro atoms. The lowest BCUT2D eigenvalue weighted by molar-refractivity contribution is -0.159. The maximum atomic E-state index is 11.7. The van der Waals surface area contributed by atoms with Crippen LogP contribution in [-0.4, -0.2) is 17.9 Å². The molecule has 1 aliphatic heterocycles. The van der Waals surface area contributed by atoms with Gasteiger partial charge < -0.3 is 10.1 Å². The van der Waals surface area contributed by atoms with E-state index in [1.54, 1.807) is 0 Å². The summed E-state index contributed by atoms with van der Waals surface area (Å²) in [5.74, 6) is -0.632. The van der Waals surface area contributed by atoms with E-state index in [0.717, 1.165) is 5.56 Å². The average molecular weight is 233 g/mol. The van der Waals surface area contributed by atoms with Crippen molar-refractivity contribution in [1.29, 1.82) is 0 Å². The molecule has 1 aromatic carbocycles. The van der Waals surface area contributed by atoms with Crippen molar-refractivity contribution in [3.8, 4) is 0 Å². The number of carbonyl (C=O) groups excluding carboxylic acids is 2. The molecule has 0 bridgehead atoms. The molecular formula is C13H15NO3. The average Bonchev–Trinajstić information content (AvgIpc) is 2.35. The number of hydrogen-bond donors (Lipinski definition) is 1. The van der Waals surface area contributed by atoms with E-state index < -0.39 is 6.04 Å². The summed E-state index contributed by atoms with van der Waals surface area (Å²) in [6.07, 6.45) is 0.664. The molecule has 0 saturated carbocycles. The normalized spacial score (nSPS) is 22.5. The predicted octanol–water partition coefficient (Wildman–Crippen LogP) is 1.25. The van der Waals surface area contributed by atoms with Crippen molar-refractivity contribution in [1.82, 2.24) is 5.32 Å². The fraction of sp³-hybridized carbons (Fsp3) is 0.385. The highest BCUT2D eigenvalue weighted by Crippen LogP contribution is 2.20. The Morgan fingerprint density at radius 1 is 1.35 bits per heavy atom. The van der Waals surface area contributed by atoms with Crippen LogP contribution in [0.25, 0.3) is 0 Å². The SMILES string of the molecule is CCC1C(=O)NC1C(=O)OCc1ccccc1. The van der Waals surface area contributed by atoms with Crippen molar-refractivity contribution in [2.24, 2.45) is 5.92 Å². The molecular weight excluding hydrogens is 218 g/mol. The largest absolute Gasteiger partial charge is 0.459 e. The number of ether oxygens (including phenoxy) is 1. The van der Waals surface area contributed by atoms with E-state index in [9.17, 15) is 9.59 Å². The van der Waals surface area contributed by atoms with Crippen LogP contribution in [0.15, 0.2) is 30.3 Å². The molecule has 2 rings (SSSR count). The van der Waals surface area contributed by atoms with Crippen LogP contribution in [0, 0.1) is 5.92 Å². The number of β-lactam (4-membered cyclic amide) rings is 1. The number of hydrogen-bond acceptors (Lipinski definition) is 3. The van der Waals surface area contributed by atoms with Crippen molar-refractivity contribution in [3.05, 3.63) is 35.9 Å². The van der Waals surface area contributed by atoms with Crippen molar-refractivity contribution in [3.63, 3.8) is 0 Å². The number of rotatable bonds is 4. The predicted molar refractivity (Wildman–Crippen MR) is 61.9 cm³/mol. The van der Waals surface area contributed by atoms with Gasteiger partial charge in [0.1, 0.15) is 12.6 Å². The standard InChI is InChI=1S/C13H15NO3/c1-2-10-11(14-12(10)15)13(16)17-8-9-6-4-3-5-7-9/h3-7,10-11H,2,8H2,1H3,(H,14,15). The molecule has 1 fully saturated rings. The van der Waals surface area contributed by atoms with Crippen LogP contribution in [0.3, 0.4) is 0 Å². The van der Waals surface area contributed by atoms with Gasteiger partial charge in [0, 0.05) is 0 Å². The molecule has 4 nitrogen and oxygen atoms in total. The number of benzene rings is 1. The minimum atomic E-state index is -0.462. The quantitative estimate of drug-likeness (QED) is 0.629. The minimum absolute atomic E-state index is 0.0610. The van der Waals surface area contributed by atoms with Gasteiger partial charge in [-0.3, -0.25) is 4.79 Å². The second-order valence-electron chi connectivity index (χ2n) is 4.09. The molecule has 0 aromatic heterocycles. The van der Waals surface area contributed by atoms with Gasteiger partial charge in [-0.1, -0.05) is 37.3 Å². The first-order valence-corrected chi connectivity index (χ1v) is 5.73. The highest BCUT2D eigenvalue weighted by Gasteiger charge is 2.43. The maximum absolute atomic E-state index is 11.7. The molecule has 17 heavy (non-hydrogen) atoms. The first-order valence-electron chi connectivity index (χ1n) is 5.73. The summed E-state index contributed by atoms with van der Waals surface area (Å²) in [4.78, 5) is 22.8. The van der Waals surface area contributed by atoms with Crippen LogP contribution < -0.4 is 5.32 Å². The Hall–Kier alpha value is -1.84. The Morgan fingerprint density at radius 2 is 2.06 bits per heavy atom. The van der Waals surface area contributed by atoms with Crippen molar-refractivity contribution in [2.45, 2.75) is 26.0 Å². The fourth-order valence-electron chi connectivity index (χ4n) is 1.88. The molecule has 1 amide bonds. The van der Waals surface area contributed by atoms with E-state index in [0.29, 0.717) is 6.42 Å². The fourth-order valence-corrected chi connectivity index (χ4v) is 1.88. The summed E-state index contributed by atoms with van der Waals surface area (Å²) in [5, 5.41) is 2.57. The van der Waals surface area contributed by atoms with Crippen LogP contribution in [0.4, 0.5) is 0 Å². The Balaban J connectivity index is 1.84. The number of amides is 1. The van der Waals surface area contributed by atoms with Gasteiger partial charge in [0.2, 0.25) is 5.91 Å². The summed E-state index contributed by atoms with van der Waals surface area (Å²) in [7, 11) is 0. The van der Waals surface area contributed by atoms with E-state index in [4.69, 9.17) is 4.74 Å². The summed E-state index contributed by atoms with van der Waals surface area (Å²) in [6, 6.07) is 9.02. The van der Waals surface area contributed by atoms with E-state index in [-0.39, 0.29) is 24.4 Å². The molecule has 90 valence electrons. The molecule has 0 aliphatic carbocycles. The zero-order chi connectivity index (χ0) is 12.3. The molecule has 1 aromatic rings. The van der Waals surface area contributed by atoms with Crippen LogP contribution in [0.5, 0.6) is 0 Å². The summed E-state index contributed by atoms with van der Waals surface area (Å²) in [6.45, 7) is 2.14. The Morgan fingerprint density at radius 3 is 2.65 bits per heavy atom. The Labute approximate surface area is 100.0 Å². The zero-order valence-corrected chi connectivity index (χ0v) is 9.68. The monoisotopic (exact) mass is 233 g/mol. The van der Waals surface area contributed by atoms with Gasteiger partial charge in [-0.2, -0.15) is 0 Å². The smallest absolute Gasteiger partial charge is 0.329 e. The second-order valence-corrected chi connectivity index (χ2v) is 4.09. The third-order valence-corrected chi connectivity index (χ3v) is 2.95. The topological polar surface area (TPSA) is 55.4 Å². The van der Waals surface area contributed by atoms with Crippen LogP contribution in [-0.2, 0) is 20.9 Å². The molecule has 2 unspecified atom stereocenters. The number of nitrogens with one attached hydrogen (secondary N) is 1. The molecule has 4 heteroatoms. The molecule has 0 radical (unpaired) electrons. The van der Waals surface area contributed by atoms with Gasteiger partial charge in [-0.15, -0.1) is 0 Å². The van der Waals surface area contributed by atoms with E-state index in [1.165, 1.54) is 0 Å². The van der Waals surface area contributed by atoms with Gasteiger partial charge in [0.15, 0.2) is 0 Å². The summed E-state index contributed by atoms with van der Waals surface area (Å²) in [5.41, 5.74) is 0.944. The molecule has 1 N–H and O–H groups in total. The lowest BCUT2D eigenvalue weighted by Gasteiger charge is -2.33. The summed E-state index contributed by atoms with van der Waals surface area (Å²) >= 11 is 0. The lowest BCUT2D eigenvalue weighted by Crippen LogP contribution is -2.62. The molecule has 1 heterocycles. The Kier molecular flexibility index (Phi) is 3.42. The number of carbonyl (C=O) groups is 2. The highest BCUT2D eigenvalue weighted by atomic mass is 16.5. The van der Waals surface area contributed by atoms with Crippen LogP contribution in [0.2, 0.25) is 0 Å². The van der Waals surface area contributed by atoms with Gasteiger partial charge in [0.25, 0.3) is 0 Å². The van der Waals surface area contributed by atoms with E-state index in [1.807, 2.05) is 37.3 Å². The second kappa shape index (κ2) is 4.99. The van der Waals surface area contributed by atoms with Crippen molar-refractivity contribution < 1.29 is 14.3 Å². The maximum Gasteiger partial charge on any atom is 0.329 e. The van der Waals surface area contributed by atoms with Gasteiger partial charge in [-0.25, -0.2) is 4.79 Å². The van der Waals surface area contributed by atoms with E-state index in [2.05, 4.69) is 5.32 Å². The lowest BCUT2D eigenvalue weighted by atomic mass is 9.88. The number of esters is 1. The van der Waals surface area contributed by atoms with E-state index >= 15 is 0 Å². The van der Waals surface area contributed by atoms with Crippen molar-refractivity contribution >= 4 is 11.9 Å². The van der Waals surface area contributed by atoms with Crippen LogP contribution >= 0.6 is 0 Å². The van der Waals surface area contributed by atoms with Crippen LogP contribution in [0.1, 0.15) is 18.9 Å². The first-order chi connectivity index (χ1) is 8.22. The Bertz CT molecular complexity index is 416. The van der Waals surface area contributed by atoms with Gasteiger partial charge in [-0.05, 0) is 12.0 Å². The zero-order valence-electron chi connectivity index (χ0n) is 9.68. The third kappa shape index (κ3) is 2.46. The highest BCUT2D eigenvalue weighted by molar-refractivity contribution is 5.97. The summed E-state index contributed by atoms with van der Waals surface area (Å²) < 4.78 is 5.16. The van der Waals surface area contributed by atoms with Gasteiger partial charge in [0.05, 0.1) is 5.92 Å². The van der Waals surface area contributed by atoms with Crippen molar-refractivity contribution in [2.75, 3.05) is 0 Å². The molecule has 2 atom stereocenters. The third-order valence-electron chi connectivity index (χ3n) is 2.95. The minimum Gasteiger partial charge on any atom is -0.459 e. The first kappa shape index (κ1) is 11.6. The van der Waals surface area contributed by atoms with Gasteiger partial charge >= 0.3 is 5.97 Å². The molecule has 1 saturated heterocycles.